The summed E-state index contributed by atoms with van der Waals surface area (Å²) in [6.45, 7) is 5.76. The molecule has 0 radical (unpaired) electrons. The van der Waals surface area contributed by atoms with Gasteiger partial charge < -0.3 is 25.0 Å². The van der Waals surface area contributed by atoms with Gasteiger partial charge in [0, 0.05) is 26.8 Å². The Labute approximate surface area is 152 Å². The largest absolute Gasteiger partial charge is 0.377 e. The number of ether oxygens (including phenoxy) is 2. The van der Waals surface area contributed by atoms with Crippen molar-refractivity contribution in [3.05, 3.63) is 0 Å². The molecule has 0 aromatic heterocycles. The molecule has 0 aromatic rings. The average molecular weight is 374 g/mol. The average Bonchev–Trinajstić information content (AvgIpc) is 2.50. The molecule has 140 valence electrons. The van der Waals surface area contributed by atoms with E-state index in [2.05, 4.69) is 15.5 Å². The molecular weight excluding hydrogens is 341 g/mol. The minimum absolute atomic E-state index is 0. The molecule has 1 rings (SSSR count). The van der Waals surface area contributed by atoms with Crippen molar-refractivity contribution in [3.8, 4) is 0 Å². The number of methoxy groups -OCH3 is 1. The van der Waals surface area contributed by atoms with E-state index in [1.54, 1.807) is 7.11 Å². The monoisotopic (exact) mass is 373 g/mol. The summed E-state index contributed by atoms with van der Waals surface area (Å²) in [4.78, 5) is 14.6. The number of nitrogens with one attached hydrogen (secondary N) is 2. The van der Waals surface area contributed by atoms with Crippen molar-refractivity contribution in [1.29, 1.82) is 0 Å². The fraction of sp³-hybridized carbons (Fsp3) is 0.933. The lowest BCUT2D eigenvalue weighted by Gasteiger charge is -2.35. The zero-order valence-corrected chi connectivity index (χ0v) is 16.4. The molecule has 2 N–H and O–H groups in total. The minimum atomic E-state index is -0.677. The molecule has 0 spiro atoms. The van der Waals surface area contributed by atoms with Crippen molar-refractivity contribution in [2.45, 2.75) is 37.9 Å². The third-order valence-corrected chi connectivity index (χ3v) is 4.01. The Bertz CT molecular complexity index is 314. The van der Waals surface area contributed by atoms with E-state index in [4.69, 9.17) is 9.47 Å². The number of nitrogens with zero attached hydrogens (tertiary/aromatic N) is 1. The standard InChI is InChI=1S/C15H31N3O3.2ClH/c1-5-21-13(6-11-18(2)3)12-17-14(19)15(20-4)7-9-16-10-8-15;;/h13,16H,5-12H2,1-4H3,(H,17,19);2*1H. The Balaban J connectivity index is 0. The topological polar surface area (TPSA) is 62.8 Å². The van der Waals surface area contributed by atoms with Crippen LogP contribution in [0.4, 0.5) is 0 Å². The molecule has 0 bridgehead atoms. The van der Waals surface area contributed by atoms with Crippen LogP contribution in [0, 0.1) is 0 Å². The van der Waals surface area contributed by atoms with E-state index < -0.39 is 5.60 Å². The quantitative estimate of drug-likeness (QED) is 0.632. The molecular formula is C15H33Cl2N3O3. The summed E-state index contributed by atoms with van der Waals surface area (Å²) in [6, 6.07) is 0. The maximum atomic E-state index is 12.5. The minimum Gasteiger partial charge on any atom is -0.377 e. The summed E-state index contributed by atoms with van der Waals surface area (Å²) in [5.41, 5.74) is -0.677. The summed E-state index contributed by atoms with van der Waals surface area (Å²) >= 11 is 0. The Morgan fingerprint density at radius 1 is 1.30 bits per heavy atom. The van der Waals surface area contributed by atoms with Crippen LogP contribution in [0.1, 0.15) is 26.2 Å². The van der Waals surface area contributed by atoms with Crippen molar-refractivity contribution in [2.24, 2.45) is 0 Å². The van der Waals surface area contributed by atoms with Gasteiger partial charge in [-0.1, -0.05) is 0 Å². The van der Waals surface area contributed by atoms with E-state index in [-0.39, 0.29) is 36.8 Å². The van der Waals surface area contributed by atoms with E-state index in [0.717, 1.165) is 26.1 Å². The van der Waals surface area contributed by atoms with E-state index in [1.807, 2.05) is 21.0 Å². The van der Waals surface area contributed by atoms with Crippen molar-refractivity contribution in [1.82, 2.24) is 15.5 Å². The van der Waals surface area contributed by atoms with Gasteiger partial charge in [-0.05, 0) is 53.4 Å². The smallest absolute Gasteiger partial charge is 0.252 e. The van der Waals surface area contributed by atoms with Gasteiger partial charge in [-0.2, -0.15) is 0 Å². The molecule has 1 fully saturated rings. The molecule has 0 saturated carbocycles. The molecule has 1 aliphatic rings. The lowest BCUT2D eigenvalue weighted by atomic mass is 9.91. The van der Waals surface area contributed by atoms with Crippen LogP contribution in [0.25, 0.3) is 0 Å². The van der Waals surface area contributed by atoms with Gasteiger partial charge >= 0.3 is 0 Å². The first-order chi connectivity index (χ1) is 10.0. The zero-order chi connectivity index (χ0) is 15.7. The maximum absolute atomic E-state index is 12.5. The van der Waals surface area contributed by atoms with Crippen molar-refractivity contribution < 1.29 is 14.3 Å². The molecule has 6 nitrogen and oxygen atoms in total. The van der Waals surface area contributed by atoms with E-state index in [1.165, 1.54) is 0 Å². The first-order valence-electron chi connectivity index (χ1n) is 7.84. The summed E-state index contributed by atoms with van der Waals surface area (Å²) in [5.74, 6) is -0.0129. The Kier molecular flexibility index (Phi) is 14.4. The Hall–Kier alpha value is -0.110. The highest BCUT2D eigenvalue weighted by Gasteiger charge is 2.39. The first kappa shape index (κ1) is 25.1. The third-order valence-electron chi connectivity index (χ3n) is 4.01. The summed E-state index contributed by atoms with van der Waals surface area (Å²) < 4.78 is 11.2. The van der Waals surface area contributed by atoms with Crippen molar-refractivity contribution >= 4 is 30.7 Å². The van der Waals surface area contributed by atoms with E-state index in [9.17, 15) is 4.79 Å². The molecule has 0 aromatic carbocycles. The van der Waals surface area contributed by atoms with Crippen LogP contribution in [-0.2, 0) is 14.3 Å². The molecule has 1 unspecified atom stereocenters. The summed E-state index contributed by atoms with van der Waals surface area (Å²) in [7, 11) is 5.70. The number of rotatable bonds is 9. The number of hydrogen-bond donors (Lipinski definition) is 2. The molecule has 1 saturated heterocycles. The predicted octanol–water partition coefficient (Wildman–Crippen LogP) is 1.07. The van der Waals surface area contributed by atoms with Crippen LogP contribution in [-0.4, -0.2) is 76.5 Å². The normalized spacial score (nSPS) is 17.8. The molecule has 8 heteroatoms. The van der Waals surface area contributed by atoms with Crippen molar-refractivity contribution in [2.75, 3.05) is 54.0 Å². The number of hydrogen-bond acceptors (Lipinski definition) is 5. The molecule has 1 heterocycles. The molecule has 1 atom stereocenters. The number of carbonyl (C=O) groups excluding carboxylic acids is 1. The molecule has 23 heavy (non-hydrogen) atoms. The van der Waals surface area contributed by atoms with E-state index >= 15 is 0 Å². The second kappa shape index (κ2) is 13.2. The van der Waals surface area contributed by atoms with Gasteiger partial charge in [-0.15, -0.1) is 24.8 Å². The zero-order valence-electron chi connectivity index (χ0n) is 14.7. The van der Waals surface area contributed by atoms with Gasteiger partial charge in [0.25, 0.3) is 5.91 Å². The van der Waals surface area contributed by atoms with Crippen molar-refractivity contribution in [3.63, 3.8) is 0 Å². The van der Waals surface area contributed by atoms with Crippen LogP contribution in [0.15, 0.2) is 0 Å². The Morgan fingerprint density at radius 2 is 1.91 bits per heavy atom. The number of carbonyl (C=O) groups is 1. The number of amides is 1. The van der Waals surface area contributed by atoms with Crippen LogP contribution >= 0.6 is 24.8 Å². The van der Waals surface area contributed by atoms with Gasteiger partial charge in [-0.25, -0.2) is 0 Å². The van der Waals surface area contributed by atoms with Gasteiger partial charge in [-0.3, -0.25) is 4.79 Å². The first-order valence-corrected chi connectivity index (χ1v) is 7.84. The summed E-state index contributed by atoms with van der Waals surface area (Å²) in [5, 5.41) is 6.27. The third kappa shape index (κ3) is 8.52. The highest BCUT2D eigenvalue weighted by atomic mass is 35.5. The maximum Gasteiger partial charge on any atom is 0.252 e. The Morgan fingerprint density at radius 3 is 2.39 bits per heavy atom. The molecule has 1 amide bonds. The fourth-order valence-electron chi connectivity index (χ4n) is 2.60. The van der Waals surface area contributed by atoms with Gasteiger partial charge in [0.1, 0.15) is 5.60 Å². The fourth-order valence-corrected chi connectivity index (χ4v) is 2.60. The lowest BCUT2D eigenvalue weighted by molar-refractivity contribution is -0.147. The second-order valence-corrected chi connectivity index (χ2v) is 5.83. The van der Waals surface area contributed by atoms with E-state index in [0.29, 0.717) is 26.0 Å². The van der Waals surface area contributed by atoms with Gasteiger partial charge in [0.2, 0.25) is 0 Å². The summed E-state index contributed by atoms with van der Waals surface area (Å²) in [6.07, 6.45) is 2.39. The lowest BCUT2D eigenvalue weighted by Crippen LogP contribution is -2.55. The molecule has 0 aliphatic carbocycles. The van der Waals surface area contributed by atoms with Crippen LogP contribution in [0.5, 0.6) is 0 Å². The highest BCUT2D eigenvalue weighted by molar-refractivity contribution is 5.86. The highest BCUT2D eigenvalue weighted by Crippen LogP contribution is 2.22. The van der Waals surface area contributed by atoms with Crippen LogP contribution in [0.3, 0.4) is 0 Å². The SMILES string of the molecule is CCOC(CCN(C)C)CNC(=O)C1(OC)CCNCC1.Cl.Cl. The van der Waals surface area contributed by atoms with Gasteiger partial charge in [0.05, 0.1) is 6.10 Å². The number of halogens is 2. The van der Waals surface area contributed by atoms with Crippen LogP contribution in [0.2, 0.25) is 0 Å². The number of piperidine rings is 1. The molecule has 1 aliphatic heterocycles. The van der Waals surface area contributed by atoms with Gasteiger partial charge in [0.15, 0.2) is 0 Å². The van der Waals surface area contributed by atoms with Crippen LogP contribution < -0.4 is 10.6 Å². The second-order valence-electron chi connectivity index (χ2n) is 5.83. The predicted molar refractivity (Wildman–Crippen MR) is 97.9 cm³/mol.